The average molecular weight is 426 g/mol. The van der Waals surface area contributed by atoms with Gasteiger partial charge in [0.25, 0.3) is 0 Å². The average Bonchev–Trinajstić information content (AvgIpc) is 2.87. The highest BCUT2D eigenvalue weighted by Crippen LogP contribution is 2.30. The van der Waals surface area contributed by atoms with Crippen LogP contribution >= 0.6 is 0 Å². The molecule has 0 amide bonds. The summed E-state index contributed by atoms with van der Waals surface area (Å²) in [7, 11) is 0. The zero-order valence-electron chi connectivity index (χ0n) is 18.2. The van der Waals surface area contributed by atoms with Gasteiger partial charge in [-0.1, -0.05) is 92.6 Å². The number of aromatic nitrogens is 3. The van der Waals surface area contributed by atoms with E-state index < -0.39 is 6.10 Å². The van der Waals surface area contributed by atoms with Crippen LogP contribution in [0.5, 0.6) is 5.75 Å². The van der Waals surface area contributed by atoms with Gasteiger partial charge in [0.1, 0.15) is 12.4 Å². The van der Waals surface area contributed by atoms with Crippen LogP contribution in [0.3, 0.4) is 0 Å². The Balaban J connectivity index is 1.73. The Labute approximate surface area is 188 Å². The number of aliphatic hydroxyl groups is 1. The summed E-state index contributed by atoms with van der Waals surface area (Å²) in [5, 5.41) is 10.2. The lowest BCUT2D eigenvalue weighted by atomic mass is 10.1. The van der Waals surface area contributed by atoms with Crippen molar-refractivity contribution < 1.29 is 9.84 Å². The van der Waals surface area contributed by atoms with Crippen LogP contribution in [0, 0.1) is 0 Å². The van der Waals surface area contributed by atoms with Gasteiger partial charge in [-0.15, -0.1) is 0 Å². The smallest absolute Gasteiger partial charge is 0.167 e. The minimum Gasteiger partial charge on any atom is -0.490 e. The first-order valence-corrected chi connectivity index (χ1v) is 11.0. The lowest BCUT2D eigenvalue weighted by molar-refractivity contribution is 0.0982. The number of hydrogen-bond donors (Lipinski definition) is 1. The van der Waals surface area contributed by atoms with E-state index >= 15 is 0 Å². The maximum atomic E-state index is 10.2. The van der Waals surface area contributed by atoms with Crippen LogP contribution < -0.4 is 4.74 Å². The summed E-state index contributed by atoms with van der Waals surface area (Å²) in [6.45, 7) is 2.34. The van der Waals surface area contributed by atoms with Gasteiger partial charge in [-0.2, -0.15) is 0 Å². The Hall–Kier alpha value is -3.57. The van der Waals surface area contributed by atoms with Crippen molar-refractivity contribution in [1.82, 2.24) is 15.0 Å². The highest BCUT2D eigenvalue weighted by molar-refractivity contribution is 5.69. The minimum absolute atomic E-state index is 0.235. The molecule has 162 valence electrons. The largest absolute Gasteiger partial charge is 0.490 e. The zero-order chi connectivity index (χ0) is 22.2. The third-order valence-corrected chi connectivity index (χ3v) is 5.15. The summed E-state index contributed by atoms with van der Waals surface area (Å²) < 4.78 is 5.99. The first-order chi connectivity index (χ1) is 15.7. The lowest BCUT2D eigenvalue weighted by Crippen LogP contribution is -2.17. The Bertz CT molecular complexity index is 1080. The van der Waals surface area contributed by atoms with Crippen LogP contribution in [0.15, 0.2) is 84.9 Å². The summed E-state index contributed by atoms with van der Waals surface area (Å²) >= 11 is 0. The van der Waals surface area contributed by atoms with Gasteiger partial charge in [-0.25, -0.2) is 15.0 Å². The van der Waals surface area contributed by atoms with Crippen molar-refractivity contribution in [2.24, 2.45) is 0 Å². The molecule has 0 bridgehead atoms. The van der Waals surface area contributed by atoms with Crippen molar-refractivity contribution in [3.8, 4) is 39.9 Å². The molecule has 0 radical (unpaired) electrons. The fraction of sp³-hybridized carbons (Fsp3) is 0.222. The van der Waals surface area contributed by atoms with E-state index in [0.717, 1.165) is 36.0 Å². The van der Waals surface area contributed by atoms with E-state index in [0.29, 0.717) is 23.2 Å². The SMILES string of the molecule is CCCCC(O)COc1ccccc1-c1nc(-c2ccccc2)nc(-c2ccccc2)n1. The van der Waals surface area contributed by atoms with Crippen molar-refractivity contribution in [2.45, 2.75) is 32.3 Å². The number of rotatable bonds is 9. The van der Waals surface area contributed by atoms with Crippen molar-refractivity contribution in [1.29, 1.82) is 0 Å². The topological polar surface area (TPSA) is 68.1 Å². The normalized spacial score (nSPS) is 11.8. The van der Waals surface area contributed by atoms with Crippen LogP contribution in [-0.4, -0.2) is 32.8 Å². The predicted octanol–water partition coefficient (Wildman–Crippen LogP) is 5.80. The molecular weight excluding hydrogens is 398 g/mol. The fourth-order valence-electron chi connectivity index (χ4n) is 3.42. The van der Waals surface area contributed by atoms with Gasteiger partial charge in [-0.05, 0) is 18.6 Å². The fourth-order valence-corrected chi connectivity index (χ4v) is 3.42. The van der Waals surface area contributed by atoms with Crippen molar-refractivity contribution >= 4 is 0 Å². The summed E-state index contributed by atoms with van der Waals surface area (Å²) in [5.41, 5.74) is 2.61. The van der Waals surface area contributed by atoms with Gasteiger partial charge in [0.05, 0.1) is 11.7 Å². The Morgan fingerprint density at radius 3 is 1.84 bits per heavy atom. The number of para-hydroxylation sites is 1. The molecule has 0 aliphatic carbocycles. The maximum absolute atomic E-state index is 10.2. The molecule has 0 saturated carbocycles. The number of nitrogens with zero attached hydrogens (tertiary/aromatic N) is 3. The molecular formula is C27H27N3O2. The number of ether oxygens (including phenoxy) is 1. The van der Waals surface area contributed by atoms with Gasteiger partial charge < -0.3 is 9.84 Å². The molecule has 32 heavy (non-hydrogen) atoms. The van der Waals surface area contributed by atoms with Gasteiger partial charge in [0, 0.05) is 11.1 Å². The molecule has 1 aromatic heterocycles. The summed E-state index contributed by atoms with van der Waals surface area (Å²) in [6, 6.07) is 27.4. The molecule has 1 atom stereocenters. The van der Waals surface area contributed by atoms with Gasteiger partial charge in [0.2, 0.25) is 0 Å². The molecule has 3 aromatic carbocycles. The van der Waals surface area contributed by atoms with E-state index in [1.54, 1.807) is 0 Å². The predicted molar refractivity (Wildman–Crippen MR) is 127 cm³/mol. The molecule has 5 nitrogen and oxygen atoms in total. The van der Waals surface area contributed by atoms with Crippen LogP contribution in [0.2, 0.25) is 0 Å². The highest BCUT2D eigenvalue weighted by atomic mass is 16.5. The Morgan fingerprint density at radius 1 is 0.719 bits per heavy atom. The third-order valence-electron chi connectivity index (χ3n) is 5.15. The number of hydrogen-bond acceptors (Lipinski definition) is 5. The summed E-state index contributed by atoms with van der Waals surface area (Å²) in [5.74, 6) is 2.39. The van der Waals surface area contributed by atoms with Crippen LogP contribution in [-0.2, 0) is 0 Å². The second-order valence-electron chi connectivity index (χ2n) is 7.64. The van der Waals surface area contributed by atoms with Crippen LogP contribution in [0.25, 0.3) is 34.2 Å². The molecule has 1 unspecified atom stereocenters. The molecule has 4 aromatic rings. The van der Waals surface area contributed by atoms with Gasteiger partial charge in [0.15, 0.2) is 17.5 Å². The van der Waals surface area contributed by atoms with Crippen LogP contribution in [0.1, 0.15) is 26.2 Å². The van der Waals surface area contributed by atoms with Crippen molar-refractivity contribution in [3.63, 3.8) is 0 Å². The number of benzene rings is 3. The van der Waals surface area contributed by atoms with E-state index in [2.05, 4.69) is 6.92 Å². The first-order valence-electron chi connectivity index (χ1n) is 11.0. The summed E-state index contributed by atoms with van der Waals surface area (Å²) in [4.78, 5) is 14.3. The summed E-state index contributed by atoms with van der Waals surface area (Å²) in [6.07, 6.45) is 2.24. The molecule has 0 spiro atoms. The second-order valence-corrected chi connectivity index (χ2v) is 7.64. The second kappa shape index (κ2) is 10.6. The maximum Gasteiger partial charge on any atom is 0.167 e. The standard InChI is InChI=1S/C27H27N3O2/c1-2-3-16-22(31)19-32-24-18-11-10-17-23(24)27-29-25(20-12-6-4-7-13-20)28-26(30-27)21-14-8-5-9-15-21/h4-15,17-18,22,31H,2-3,16,19H2,1H3. The van der Waals surface area contributed by atoms with Gasteiger partial charge in [-0.3, -0.25) is 0 Å². The van der Waals surface area contributed by atoms with E-state index in [4.69, 9.17) is 19.7 Å². The quantitative estimate of drug-likeness (QED) is 0.367. The van der Waals surface area contributed by atoms with Crippen molar-refractivity contribution in [2.75, 3.05) is 6.61 Å². The number of aliphatic hydroxyl groups excluding tert-OH is 1. The third kappa shape index (κ3) is 5.37. The van der Waals surface area contributed by atoms with E-state index in [1.807, 2.05) is 84.9 Å². The minimum atomic E-state index is -0.499. The molecule has 0 aliphatic rings. The molecule has 0 fully saturated rings. The Kier molecular flexibility index (Phi) is 7.20. The molecule has 0 saturated heterocycles. The van der Waals surface area contributed by atoms with E-state index in [-0.39, 0.29) is 6.61 Å². The van der Waals surface area contributed by atoms with Crippen LogP contribution in [0.4, 0.5) is 0 Å². The molecule has 5 heteroatoms. The van der Waals surface area contributed by atoms with E-state index in [9.17, 15) is 5.11 Å². The van der Waals surface area contributed by atoms with Crippen molar-refractivity contribution in [3.05, 3.63) is 84.9 Å². The highest BCUT2D eigenvalue weighted by Gasteiger charge is 2.16. The zero-order valence-corrected chi connectivity index (χ0v) is 18.2. The number of unbranched alkanes of at least 4 members (excludes halogenated alkanes) is 1. The monoisotopic (exact) mass is 425 g/mol. The molecule has 0 aliphatic heterocycles. The molecule has 4 rings (SSSR count). The first kappa shape index (κ1) is 21.7. The van der Waals surface area contributed by atoms with Gasteiger partial charge >= 0.3 is 0 Å². The Morgan fingerprint density at radius 2 is 1.25 bits per heavy atom. The molecule has 1 heterocycles. The van der Waals surface area contributed by atoms with E-state index in [1.165, 1.54) is 0 Å². The lowest BCUT2D eigenvalue weighted by Gasteiger charge is -2.15. The molecule has 1 N–H and O–H groups in total.